The highest BCUT2D eigenvalue weighted by Crippen LogP contribution is 2.67. The number of benzene rings is 1. The molecule has 39 heavy (non-hydrogen) atoms. The molecule has 0 radical (unpaired) electrons. The highest BCUT2D eigenvalue weighted by molar-refractivity contribution is 5.90. The zero-order valence-electron chi connectivity index (χ0n) is 24.9. The topological polar surface area (TPSA) is 74.0 Å². The average molecular weight is 538 g/mol. The van der Waals surface area contributed by atoms with Gasteiger partial charge in [0.1, 0.15) is 6.10 Å². The molecule has 0 heterocycles. The predicted molar refractivity (Wildman–Crippen MR) is 154 cm³/mol. The second kappa shape index (κ2) is 11.3. The van der Waals surface area contributed by atoms with Crippen LogP contribution in [0.25, 0.3) is 0 Å². The normalized spacial score (nSPS) is 37.3. The quantitative estimate of drug-likeness (QED) is 0.203. The van der Waals surface area contributed by atoms with E-state index in [9.17, 15) is 15.2 Å². The van der Waals surface area contributed by atoms with E-state index in [1.54, 1.807) is 12.1 Å². The Labute approximate surface area is 235 Å². The Bertz CT molecular complexity index is 1070. The van der Waals surface area contributed by atoms with E-state index in [4.69, 9.17) is 4.74 Å². The maximum absolute atomic E-state index is 12.9. The van der Waals surface area contributed by atoms with Gasteiger partial charge in [0.25, 0.3) is 0 Å². The second-order valence-corrected chi connectivity index (χ2v) is 14.4. The summed E-state index contributed by atoms with van der Waals surface area (Å²) in [6.07, 6.45) is 16.1. The summed E-state index contributed by atoms with van der Waals surface area (Å²) >= 11 is 0. The minimum Gasteiger partial charge on any atom is -0.595 e. The molecule has 1 aromatic carbocycles. The van der Waals surface area contributed by atoms with Crippen molar-refractivity contribution < 1.29 is 20.0 Å². The van der Waals surface area contributed by atoms with Crippen LogP contribution in [-0.2, 0) is 4.74 Å². The predicted octanol–water partition coefficient (Wildman–Crippen LogP) is 7.66. The lowest BCUT2D eigenvalue weighted by molar-refractivity contribution is -0.991. The average Bonchev–Trinajstić information content (AvgIpc) is 3.26. The molecule has 0 amide bonds. The molecule has 1 aromatic rings. The number of allylic oxidation sites excluding steroid dienone is 1. The number of fused-ring (bicyclic) bond motifs is 5. The molecule has 1 unspecified atom stereocenters. The summed E-state index contributed by atoms with van der Waals surface area (Å²) in [5.41, 5.74) is 2.66. The van der Waals surface area contributed by atoms with Crippen molar-refractivity contribution in [3.05, 3.63) is 46.7 Å². The molecule has 4 aliphatic carbocycles. The van der Waals surface area contributed by atoms with Gasteiger partial charge in [-0.1, -0.05) is 71.6 Å². The summed E-state index contributed by atoms with van der Waals surface area (Å²) in [7, 11) is 0. The van der Waals surface area contributed by atoms with Crippen molar-refractivity contribution in [2.45, 2.75) is 111 Å². The number of carbonyl (C=O) groups is 1. The van der Waals surface area contributed by atoms with Crippen molar-refractivity contribution in [2.24, 2.45) is 46.3 Å². The lowest BCUT2D eigenvalue weighted by Gasteiger charge is -2.58. The van der Waals surface area contributed by atoms with E-state index in [1.807, 2.05) is 0 Å². The summed E-state index contributed by atoms with van der Waals surface area (Å²) < 4.78 is 5.94. The zero-order valence-corrected chi connectivity index (χ0v) is 24.9. The molecule has 0 saturated heterocycles. The molecule has 0 bridgehead atoms. The number of nitrogens with one attached hydrogen (secondary N) is 1. The van der Waals surface area contributed by atoms with Crippen LogP contribution in [0.15, 0.2) is 35.9 Å². The molecule has 5 heteroatoms. The van der Waals surface area contributed by atoms with Crippen LogP contribution in [0.2, 0.25) is 0 Å². The maximum Gasteiger partial charge on any atom is 0.338 e. The van der Waals surface area contributed by atoms with Crippen molar-refractivity contribution in [3.8, 4) is 0 Å². The van der Waals surface area contributed by atoms with Crippen molar-refractivity contribution in [1.82, 2.24) is 0 Å². The van der Waals surface area contributed by atoms with E-state index < -0.39 is 11.2 Å². The van der Waals surface area contributed by atoms with Gasteiger partial charge in [0.2, 0.25) is 0 Å². The van der Waals surface area contributed by atoms with Crippen LogP contribution >= 0.6 is 0 Å². The summed E-state index contributed by atoms with van der Waals surface area (Å²) in [6, 6.07) is 6.18. The molecular formula is C34H51NO4. The van der Waals surface area contributed by atoms with Crippen molar-refractivity contribution in [2.75, 3.05) is 0 Å². The molecule has 3 fully saturated rings. The molecule has 2 N–H and O–H groups in total. The molecule has 0 spiro atoms. The highest BCUT2D eigenvalue weighted by Gasteiger charge is 2.59. The van der Waals surface area contributed by atoms with Gasteiger partial charge >= 0.3 is 5.97 Å². The van der Waals surface area contributed by atoms with Gasteiger partial charge in [-0.2, -0.15) is 5.23 Å². The molecule has 3 saturated carbocycles. The standard InChI is InChI=1S/C34H51NO4/c1-22(2)8-6-9-23(3)29-14-15-30-28-13-12-25-21-27(16-18-33(25,4)31(28)17-19-34(29,30)5)39-32(36)24-10-7-11-26(20-24)35(37)38/h7,10-12,20,22-23,27-31,35,37H,6,8-9,13-19,21H2,1-5H3/t23-,27+,28-,29+,30-,31-,33-,34+/m0/s1. The first-order valence-electron chi connectivity index (χ1n) is 15.8. The van der Waals surface area contributed by atoms with Gasteiger partial charge in [-0.3, -0.25) is 0 Å². The molecule has 4 aliphatic rings. The Morgan fingerprint density at radius 1 is 1.10 bits per heavy atom. The maximum atomic E-state index is 12.9. The van der Waals surface area contributed by atoms with Gasteiger partial charge in [-0.25, -0.2) is 10.0 Å². The number of esters is 1. The second-order valence-electron chi connectivity index (χ2n) is 14.4. The molecule has 0 aromatic heterocycles. The lowest BCUT2D eigenvalue weighted by Crippen LogP contribution is -2.99. The Kier molecular flexibility index (Phi) is 8.35. The number of ether oxygens (including phenoxy) is 1. The molecule has 5 nitrogen and oxygen atoms in total. The van der Waals surface area contributed by atoms with Gasteiger partial charge in [0, 0.05) is 18.6 Å². The van der Waals surface area contributed by atoms with Gasteiger partial charge in [-0.15, -0.1) is 0 Å². The van der Waals surface area contributed by atoms with Gasteiger partial charge in [-0.05, 0) is 97.3 Å². The SMILES string of the molecule is CC(C)CCC[C@H](C)[C@H]1CC[C@H]2[C@@H]3CC=C4C[C@H](OC(=O)c5cccc([NH+]([O-])O)c5)CC[C@]4(C)[C@H]3CC[C@]12C. The van der Waals surface area contributed by atoms with Crippen LogP contribution in [0.4, 0.5) is 5.69 Å². The zero-order chi connectivity index (χ0) is 27.9. The number of carbonyl (C=O) groups excluding carboxylic acids is 1. The van der Waals surface area contributed by atoms with E-state index >= 15 is 0 Å². The van der Waals surface area contributed by atoms with Crippen LogP contribution in [0, 0.1) is 51.5 Å². The largest absolute Gasteiger partial charge is 0.595 e. The third kappa shape index (κ3) is 5.48. The summed E-state index contributed by atoms with van der Waals surface area (Å²) in [5.74, 6) is 4.50. The number of hydrogen-bond acceptors (Lipinski definition) is 4. The Morgan fingerprint density at radius 2 is 1.90 bits per heavy atom. The van der Waals surface area contributed by atoms with Crippen molar-refractivity contribution in [1.29, 1.82) is 0 Å². The molecule has 0 aliphatic heterocycles. The van der Waals surface area contributed by atoms with Crippen LogP contribution in [0.1, 0.15) is 116 Å². The Morgan fingerprint density at radius 3 is 2.64 bits per heavy atom. The molecular weight excluding hydrogens is 486 g/mol. The van der Waals surface area contributed by atoms with E-state index in [-0.39, 0.29) is 17.2 Å². The molecule has 5 rings (SSSR count). The monoisotopic (exact) mass is 537 g/mol. The third-order valence-electron chi connectivity index (χ3n) is 11.9. The van der Waals surface area contributed by atoms with E-state index in [0.717, 1.165) is 54.8 Å². The van der Waals surface area contributed by atoms with Crippen LogP contribution in [0.5, 0.6) is 0 Å². The first-order chi connectivity index (χ1) is 18.5. The van der Waals surface area contributed by atoms with Crippen molar-refractivity contribution in [3.63, 3.8) is 0 Å². The number of hydrogen-bond donors (Lipinski definition) is 2. The minimum atomic E-state index is -1.03. The highest BCUT2D eigenvalue weighted by atomic mass is 16.8. The Balaban J connectivity index is 1.24. The van der Waals surface area contributed by atoms with Gasteiger partial charge in [0.15, 0.2) is 5.69 Å². The minimum absolute atomic E-state index is 0.116. The summed E-state index contributed by atoms with van der Waals surface area (Å²) in [6.45, 7) is 12.4. The molecule has 9 atom stereocenters. The smallest absolute Gasteiger partial charge is 0.338 e. The number of quaternary nitrogens is 1. The van der Waals surface area contributed by atoms with Gasteiger partial charge < -0.3 is 9.94 Å². The van der Waals surface area contributed by atoms with Gasteiger partial charge in [0.05, 0.1) is 5.56 Å². The third-order valence-corrected chi connectivity index (χ3v) is 11.9. The van der Waals surface area contributed by atoms with E-state index in [0.29, 0.717) is 11.0 Å². The fourth-order valence-electron chi connectivity index (χ4n) is 9.75. The van der Waals surface area contributed by atoms with Crippen molar-refractivity contribution >= 4 is 11.7 Å². The number of rotatable bonds is 8. The first-order valence-corrected chi connectivity index (χ1v) is 15.8. The Hall–Kier alpha value is -1.69. The summed E-state index contributed by atoms with van der Waals surface area (Å²) in [4.78, 5) is 12.9. The first kappa shape index (κ1) is 28.8. The van der Waals surface area contributed by atoms with Crippen LogP contribution < -0.4 is 5.23 Å². The fraction of sp³-hybridized carbons (Fsp3) is 0.735. The summed E-state index contributed by atoms with van der Waals surface area (Å²) in [5, 5.41) is 19.6. The van der Waals surface area contributed by atoms with Crippen LogP contribution in [-0.4, -0.2) is 17.3 Å². The van der Waals surface area contributed by atoms with E-state index in [2.05, 4.69) is 40.7 Å². The van der Waals surface area contributed by atoms with Crippen LogP contribution in [0.3, 0.4) is 0 Å². The fourth-order valence-corrected chi connectivity index (χ4v) is 9.75. The molecule has 216 valence electrons. The van der Waals surface area contributed by atoms with E-state index in [1.165, 1.54) is 69.1 Å². The lowest BCUT2D eigenvalue weighted by atomic mass is 9.47.